The lowest BCUT2D eigenvalue weighted by Crippen LogP contribution is -2.27. The van der Waals surface area contributed by atoms with E-state index in [2.05, 4.69) is 13.8 Å². The Morgan fingerprint density at radius 1 is 1.58 bits per heavy atom. The maximum atomic E-state index is 9.46. The Kier molecular flexibility index (Phi) is 1.58. The van der Waals surface area contributed by atoms with E-state index in [1.165, 1.54) is 11.3 Å². The van der Waals surface area contributed by atoms with E-state index in [0.717, 1.165) is 23.7 Å². The van der Waals surface area contributed by atoms with Crippen LogP contribution in [0.25, 0.3) is 0 Å². The van der Waals surface area contributed by atoms with Gasteiger partial charge in [0, 0.05) is 16.4 Å². The number of thiophene rings is 1. The van der Waals surface area contributed by atoms with Gasteiger partial charge in [-0.05, 0) is 6.42 Å². The maximum Gasteiger partial charge on any atom is 0.180 e. The van der Waals surface area contributed by atoms with Crippen molar-refractivity contribution in [2.24, 2.45) is 5.41 Å². The number of aromatic hydroxyl groups is 1. The zero-order valence-corrected chi connectivity index (χ0v) is 8.07. The molecule has 0 fully saturated rings. The van der Waals surface area contributed by atoms with E-state index in [-0.39, 0.29) is 5.41 Å². The highest BCUT2D eigenvalue weighted by molar-refractivity contribution is 7.12. The molecule has 1 aromatic heterocycles. The average molecular weight is 184 g/mol. The van der Waals surface area contributed by atoms with Crippen LogP contribution in [-0.2, 0) is 6.42 Å². The second-order valence-electron chi connectivity index (χ2n) is 4.02. The summed E-state index contributed by atoms with van der Waals surface area (Å²) in [5, 5.41) is 12.1. The smallest absolute Gasteiger partial charge is 0.180 e. The van der Waals surface area contributed by atoms with Crippen molar-refractivity contribution >= 4 is 11.3 Å². The van der Waals surface area contributed by atoms with Crippen LogP contribution in [0.5, 0.6) is 10.8 Å². The first-order valence-electron chi connectivity index (χ1n) is 4.01. The molecular weight excluding hydrogens is 172 g/mol. The molecule has 0 spiro atoms. The molecule has 1 aliphatic rings. The summed E-state index contributed by atoms with van der Waals surface area (Å²) in [5.41, 5.74) is 1.14. The minimum Gasteiger partial charge on any atom is -0.507 e. The van der Waals surface area contributed by atoms with Gasteiger partial charge < -0.3 is 9.84 Å². The largest absolute Gasteiger partial charge is 0.507 e. The van der Waals surface area contributed by atoms with Crippen molar-refractivity contribution in [3.63, 3.8) is 0 Å². The van der Waals surface area contributed by atoms with E-state index in [1.54, 1.807) is 5.38 Å². The highest BCUT2D eigenvalue weighted by Crippen LogP contribution is 2.43. The summed E-state index contributed by atoms with van der Waals surface area (Å²) < 4.78 is 5.52. The molecule has 66 valence electrons. The second kappa shape index (κ2) is 2.39. The van der Waals surface area contributed by atoms with Crippen LogP contribution in [0.2, 0.25) is 0 Å². The topological polar surface area (TPSA) is 29.5 Å². The van der Waals surface area contributed by atoms with Crippen LogP contribution in [0.3, 0.4) is 0 Å². The minimum atomic E-state index is 0.158. The molecule has 0 saturated heterocycles. The van der Waals surface area contributed by atoms with E-state index in [0.29, 0.717) is 5.75 Å². The summed E-state index contributed by atoms with van der Waals surface area (Å²) in [5.74, 6) is 0.391. The maximum absolute atomic E-state index is 9.46. The quantitative estimate of drug-likeness (QED) is 0.671. The van der Waals surface area contributed by atoms with Crippen molar-refractivity contribution in [3.8, 4) is 10.8 Å². The summed E-state index contributed by atoms with van der Waals surface area (Å²) in [6.07, 6.45) is 0.914. The highest BCUT2D eigenvalue weighted by Gasteiger charge is 2.29. The lowest BCUT2D eigenvalue weighted by molar-refractivity contribution is 0.158. The molecule has 1 aromatic rings. The predicted octanol–water partition coefficient (Wildman–Crippen LogP) is 2.41. The SMILES string of the molecule is CC1(C)COc2scc(O)c2C1. The van der Waals surface area contributed by atoms with Crippen molar-refractivity contribution in [3.05, 3.63) is 10.9 Å². The molecule has 0 saturated carbocycles. The Morgan fingerprint density at radius 2 is 2.33 bits per heavy atom. The molecule has 3 heteroatoms. The monoisotopic (exact) mass is 184 g/mol. The summed E-state index contributed by atoms with van der Waals surface area (Å²) >= 11 is 1.48. The van der Waals surface area contributed by atoms with Gasteiger partial charge in [0.1, 0.15) is 5.75 Å². The molecule has 0 bridgehead atoms. The first-order valence-corrected chi connectivity index (χ1v) is 4.89. The molecule has 2 heterocycles. The van der Waals surface area contributed by atoms with Crippen LogP contribution in [0, 0.1) is 5.41 Å². The van der Waals surface area contributed by atoms with E-state index in [4.69, 9.17) is 4.74 Å². The Hall–Kier alpha value is -0.700. The Bertz CT molecular complexity index is 301. The highest BCUT2D eigenvalue weighted by atomic mass is 32.1. The number of hydrogen-bond donors (Lipinski definition) is 1. The fourth-order valence-electron chi connectivity index (χ4n) is 1.43. The lowest BCUT2D eigenvalue weighted by atomic mass is 9.86. The fourth-order valence-corrected chi connectivity index (χ4v) is 2.24. The van der Waals surface area contributed by atoms with Crippen LogP contribution in [0.4, 0.5) is 0 Å². The molecule has 0 amide bonds. The predicted molar refractivity (Wildman–Crippen MR) is 49.0 cm³/mol. The molecule has 1 N–H and O–H groups in total. The second-order valence-corrected chi connectivity index (χ2v) is 4.86. The average Bonchev–Trinajstić information content (AvgIpc) is 2.31. The number of fused-ring (bicyclic) bond motifs is 1. The van der Waals surface area contributed by atoms with Gasteiger partial charge in [0.15, 0.2) is 5.06 Å². The number of hydrogen-bond acceptors (Lipinski definition) is 3. The summed E-state index contributed by atoms with van der Waals surface area (Å²) in [4.78, 5) is 0. The van der Waals surface area contributed by atoms with Crippen LogP contribution in [0.15, 0.2) is 5.38 Å². The number of rotatable bonds is 0. The van der Waals surface area contributed by atoms with Crippen LogP contribution < -0.4 is 4.74 Å². The van der Waals surface area contributed by atoms with Crippen LogP contribution >= 0.6 is 11.3 Å². The van der Waals surface area contributed by atoms with E-state index in [9.17, 15) is 5.11 Å². The normalized spacial score (nSPS) is 19.8. The molecule has 2 rings (SSSR count). The number of ether oxygens (including phenoxy) is 1. The van der Waals surface area contributed by atoms with E-state index < -0.39 is 0 Å². The molecular formula is C9H12O2S. The summed E-state index contributed by atoms with van der Waals surface area (Å²) in [6.45, 7) is 5.04. The van der Waals surface area contributed by atoms with Gasteiger partial charge in [-0.1, -0.05) is 13.8 Å². The molecule has 0 aliphatic carbocycles. The third-order valence-electron chi connectivity index (χ3n) is 2.08. The van der Waals surface area contributed by atoms with Gasteiger partial charge in [0.25, 0.3) is 0 Å². The third kappa shape index (κ3) is 1.18. The molecule has 0 aromatic carbocycles. The van der Waals surface area contributed by atoms with Gasteiger partial charge in [0.2, 0.25) is 0 Å². The van der Waals surface area contributed by atoms with Crippen molar-refractivity contribution in [2.75, 3.05) is 6.61 Å². The van der Waals surface area contributed by atoms with Crippen molar-refractivity contribution < 1.29 is 9.84 Å². The first kappa shape index (κ1) is 7.92. The standard InChI is InChI=1S/C9H12O2S/c1-9(2)3-6-7(10)4-12-8(6)11-5-9/h4,10H,3,5H2,1-2H3. The fraction of sp³-hybridized carbons (Fsp3) is 0.556. The zero-order chi connectivity index (χ0) is 8.77. The molecule has 2 nitrogen and oxygen atoms in total. The molecule has 0 unspecified atom stereocenters. The lowest BCUT2D eigenvalue weighted by Gasteiger charge is -2.29. The summed E-state index contributed by atoms with van der Waals surface area (Å²) in [6, 6.07) is 0. The Balaban J connectivity index is 2.38. The molecule has 12 heavy (non-hydrogen) atoms. The van der Waals surface area contributed by atoms with Gasteiger partial charge >= 0.3 is 0 Å². The van der Waals surface area contributed by atoms with Gasteiger partial charge in [-0.2, -0.15) is 0 Å². The third-order valence-corrected chi connectivity index (χ3v) is 3.00. The van der Waals surface area contributed by atoms with Crippen LogP contribution in [-0.4, -0.2) is 11.7 Å². The summed E-state index contributed by atoms with van der Waals surface area (Å²) in [7, 11) is 0. The van der Waals surface area contributed by atoms with Gasteiger partial charge in [-0.15, -0.1) is 11.3 Å². The molecule has 0 radical (unpaired) electrons. The Morgan fingerprint density at radius 3 is 3.08 bits per heavy atom. The van der Waals surface area contributed by atoms with E-state index in [1.807, 2.05) is 0 Å². The van der Waals surface area contributed by atoms with Crippen molar-refractivity contribution in [2.45, 2.75) is 20.3 Å². The minimum absolute atomic E-state index is 0.158. The van der Waals surface area contributed by atoms with Crippen molar-refractivity contribution in [1.82, 2.24) is 0 Å². The molecule has 1 aliphatic heterocycles. The van der Waals surface area contributed by atoms with Gasteiger partial charge in [-0.3, -0.25) is 0 Å². The van der Waals surface area contributed by atoms with Crippen molar-refractivity contribution in [1.29, 1.82) is 0 Å². The molecule has 0 atom stereocenters. The first-order chi connectivity index (χ1) is 5.58. The van der Waals surface area contributed by atoms with E-state index >= 15 is 0 Å². The van der Waals surface area contributed by atoms with Gasteiger partial charge in [-0.25, -0.2) is 0 Å². The van der Waals surface area contributed by atoms with Gasteiger partial charge in [0.05, 0.1) is 6.61 Å². The zero-order valence-electron chi connectivity index (χ0n) is 7.26. The van der Waals surface area contributed by atoms with Crippen LogP contribution in [0.1, 0.15) is 19.4 Å². The Labute approximate surface area is 75.8 Å².